The summed E-state index contributed by atoms with van der Waals surface area (Å²) in [4.78, 5) is 18.7. The SMILES string of the molecule is COc1ccc2ncc(Cl)c([C@H](O)CCC3(CC(=O)O)CCN(CCCSC4CCCC4)CC3)c2c1. The zero-order chi connectivity index (χ0) is 25.5. The van der Waals surface area contributed by atoms with Crippen LogP contribution in [0.4, 0.5) is 0 Å². The number of aromatic nitrogens is 1. The Balaban J connectivity index is 1.35. The molecule has 1 saturated heterocycles. The summed E-state index contributed by atoms with van der Waals surface area (Å²) >= 11 is 8.63. The van der Waals surface area contributed by atoms with Crippen molar-refractivity contribution >= 4 is 40.2 Å². The third kappa shape index (κ3) is 7.06. The number of nitrogens with zero attached hydrogens (tertiary/aromatic N) is 2. The highest BCUT2D eigenvalue weighted by molar-refractivity contribution is 7.99. The summed E-state index contributed by atoms with van der Waals surface area (Å²) in [6, 6.07) is 5.54. The van der Waals surface area contributed by atoms with Crippen molar-refractivity contribution in [1.82, 2.24) is 9.88 Å². The Morgan fingerprint density at radius 2 is 2.06 bits per heavy atom. The van der Waals surface area contributed by atoms with Crippen LogP contribution in [-0.4, -0.2) is 63.8 Å². The lowest BCUT2D eigenvalue weighted by Gasteiger charge is -2.41. The highest BCUT2D eigenvalue weighted by atomic mass is 35.5. The number of aliphatic hydroxyl groups excluding tert-OH is 1. The molecular weight excluding hydrogens is 496 g/mol. The van der Waals surface area contributed by atoms with Crippen molar-refractivity contribution < 1.29 is 19.7 Å². The summed E-state index contributed by atoms with van der Waals surface area (Å²) in [5.74, 6) is 1.14. The van der Waals surface area contributed by atoms with Gasteiger partial charge in [0.1, 0.15) is 5.75 Å². The summed E-state index contributed by atoms with van der Waals surface area (Å²) in [6.07, 6.45) is 10.5. The van der Waals surface area contributed by atoms with E-state index >= 15 is 0 Å². The van der Waals surface area contributed by atoms with Crippen molar-refractivity contribution in [3.05, 3.63) is 35.0 Å². The first kappa shape index (κ1) is 27.5. The van der Waals surface area contributed by atoms with Crippen LogP contribution in [0.2, 0.25) is 5.02 Å². The van der Waals surface area contributed by atoms with E-state index < -0.39 is 12.1 Å². The fraction of sp³-hybridized carbons (Fsp3) is 0.643. The van der Waals surface area contributed by atoms with Crippen molar-refractivity contribution in [2.45, 2.75) is 75.6 Å². The molecule has 4 rings (SSSR count). The highest BCUT2D eigenvalue weighted by Crippen LogP contribution is 2.43. The minimum Gasteiger partial charge on any atom is -0.497 e. The second-order valence-corrected chi connectivity index (χ2v) is 12.3. The number of hydrogen-bond acceptors (Lipinski definition) is 6. The predicted molar refractivity (Wildman–Crippen MR) is 147 cm³/mol. The topological polar surface area (TPSA) is 82.9 Å². The molecule has 8 heteroatoms. The Kier molecular flexibility index (Phi) is 9.78. The molecule has 1 aromatic carbocycles. The molecule has 2 fully saturated rings. The number of carbonyl (C=O) groups is 1. The standard InChI is InChI=1S/C28H39ClN2O4S/c1-35-20-7-8-24-22(17-20)27(23(29)19-30-24)25(32)9-10-28(18-26(33)34)11-14-31(15-12-28)13-4-16-36-21-5-2-3-6-21/h7-8,17,19,21,25,32H,2-6,9-16,18H2,1H3,(H,33,34)/t25-/m1/s1. The number of halogens is 1. The van der Waals surface area contributed by atoms with Crippen molar-refractivity contribution in [3.8, 4) is 5.75 Å². The molecule has 36 heavy (non-hydrogen) atoms. The molecule has 1 saturated carbocycles. The first-order valence-electron chi connectivity index (χ1n) is 13.3. The molecule has 2 N–H and O–H groups in total. The smallest absolute Gasteiger partial charge is 0.303 e. The van der Waals surface area contributed by atoms with Crippen LogP contribution < -0.4 is 4.74 Å². The summed E-state index contributed by atoms with van der Waals surface area (Å²) in [5, 5.41) is 22.9. The number of piperidine rings is 1. The van der Waals surface area contributed by atoms with Gasteiger partial charge in [-0.3, -0.25) is 9.78 Å². The zero-order valence-corrected chi connectivity index (χ0v) is 22.8. The Morgan fingerprint density at radius 1 is 1.31 bits per heavy atom. The van der Waals surface area contributed by atoms with E-state index in [9.17, 15) is 15.0 Å². The molecule has 2 aliphatic rings. The number of benzene rings is 1. The summed E-state index contributed by atoms with van der Waals surface area (Å²) in [5.41, 5.74) is 1.09. The number of rotatable bonds is 12. The second kappa shape index (κ2) is 12.8. The average Bonchev–Trinajstić information content (AvgIpc) is 3.39. The number of ether oxygens (including phenoxy) is 1. The third-order valence-electron chi connectivity index (χ3n) is 8.07. The van der Waals surface area contributed by atoms with Crippen molar-refractivity contribution in [2.75, 3.05) is 32.5 Å². The van der Waals surface area contributed by atoms with Gasteiger partial charge in [-0.1, -0.05) is 24.4 Å². The maximum Gasteiger partial charge on any atom is 0.303 e. The van der Waals surface area contributed by atoms with Crippen LogP contribution in [0.25, 0.3) is 10.9 Å². The molecule has 1 atom stereocenters. The number of methoxy groups -OCH3 is 1. The number of pyridine rings is 1. The summed E-state index contributed by atoms with van der Waals surface area (Å²) < 4.78 is 5.36. The van der Waals surface area contributed by atoms with Crippen LogP contribution >= 0.6 is 23.4 Å². The lowest BCUT2D eigenvalue weighted by molar-refractivity contribution is -0.141. The molecular formula is C28H39ClN2O4S. The lowest BCUT2D eigenvalue weighted by Crippen LogP contribution is -2.41. The normalized spacial score (nSPS) is 19.5. The van der Waals surface area contributed by atoms with Gasteiger partial charge in [-0.2, -0.15) is 11.8 Å². The molecule has 2 heterocycles. The summed E-state index contributed by atoms with van der Waals surface area (Å²) in [6.45, 7) is 2.94. The minimum atomic E-state index is -0.800. The van der Waals surface area contributed by atoms with Gasteiger partial charge in [0.05, 0.1) is 30.2 Å². The maximum absolute atomic E-state index is 11.8. The van der Waals surface area contributed by atoms with Crippen molar-refractivity contribution in [3.63, 3.8) is 0 Å². The van der Waals surface area contributed by atoms with Gasteiger partial charge in [0.15, 0.2) is 0 Å². The molecule has 0 unspecified atom stereocenters. The predicted octanol–water partition coefficient (Wildman–Crippen LogP) is 6.33. The van der Waals surface area contributed by atoms with Gasteiger partial charge in [-0.25, -0.2) is 0 Å². The number of carboxylic acid groups (broad SMARTS) is 1. The van der Waals surface area contributed by atoms with Crippen LogP contribution in [-0.2, 0) is 4.79 Å². The number of likely N-dealkylation sites (tertiary alicyclic amines) is 1. The Labute approximate surface area is 223 Å². The van der Waals surface area contributed by atoms with Crippen molar-refractivity contribution in [2.24, 2.45) is 5.41 Å². The fourth-order valence-corrected chi connectivity index (χ4v) is 7.47. The Morgan fingerprint density at radius 3 is 2.75 bits per heavy atom. The van der Waals surface area contributed by atoms with E-state index in [1.807, 2.05) is 18.2 Å². The maximum atomic E-state index is 11.8. The number of thioether (sulfide) groups is 1. The molecule has 1 aliphatic heterocycles. The van der Waals surface area contributed by atoms with E-state index in [2.05, 4.69) is 21.6 Å². The van der Waals surface area contributed by atoms with Crippen LogP contribution in [0.5, 0.6) is 5.75 Å². The van der Waals surface area contributed by atoms with Crippen molar-refractivity contribution in [1.29, 1.82) is 0 Å². The van der Waals surface area contributed by atoms with E-state index in [4.69, 9.17) is 16.3 Å². The number of fused-ring (bicyclic) bond motifs is 1. The largest absolute Gasteiger partial charge is 0.497 e. The number of carboxylic acids is 1. The molecule has 198 valence electrons. The fourth-order valence-electron chi connectivity index (χ4n) is 5.90. The van der Waals surface area contributed by atoms with Gasteiger partial charge >= 0.3 is 5.97 Å². The van der Waals surface area contributed by atoms with Gasteiger partial charge in [-0.05, 0) is 93.9 Å². The monoisotopic (exact) mass is 534 g/mol. The zero-order valence-electron chi connectivity index (χ0n) is 21.3. The molecule has 0 amide bonds. The molecule has 6 nitrogen and oxygen atoms in total. The number of aliphatic hydroxyl groups is 1. The minimum absolute atomic E-state index is 0.143. The lowest BCUT2D eigenvalue weighted by atomic mass is 9.71. The Hall–Kier alpha value is -1.54. The molecule has 0 bridgehead atoms. The third-order valence-corrected chi connectivity index (χ3v) is 9.84. The first-order valence-corrected chi connectivity index (χ1v) is 14.7. The summed E-state index contributed by atoms with van der Waals surface area (Å²) in [7, 11) is 1.60. The van der Waals surface area contributed by atoms with E-state index in [0.29, 0.717) is 29.2 Å². The van der Waals surface area contributed by atoms with Crippen LogP contribution in [0.1, 0.15) is 75.9 Å². The van der Waals surface area contributed by atoms with Gasteiger partial charge in [0.25, 0.3) is 0 Å². The molecule has 0 radical (unpaired) electrons. The van der Waals surface area contributed by atoms with Gasteiger partial charge in [0.2, 0.25) is 0 Å². The highest BCUT2D eigenvalue weighted by Gasteiger charge is 2.37. The van der Waals surface area contributed by atoms with Crippen LogP contribution in [0.15, 0.2) is 24.4 Å². The molecule has 1 aromatic heterocycles. The Bertz CT molecular complexity index is 1020. The molecule has 1 aliphatic carbocycles. The first-order chi connectivity index (χ1) is 17.4. The van der Waals surface area contributed by atoms with Crippen LogP contribution in [0, 0.1) is 5.41 Å². The van der Waals surface area contributed by atoms with E-state index in [1.54, 1.807) is 13.3 Å². The van der Waals surface area contributed by atoms with Gasteiger partial charge in [0, 0.05) is 22.4 Å². The average molecular weight is 535 g/mol. The van der Waals surface area contributed by atoms with E-state index in [0.717, 1.165) is 48.6 Å². The quantitative estimate of drug-likeness (QED) is 0.308. The molecule has 0 spiro atoms. The van der Waals surface area contributed by atoms with Crippen LogP contribution in [0.3, 0.4) is 0 Å². The van der Waals surface area contributed by atoms with Gasteiger partial charge in [-0.15, -0.1) is 0 Å². The van der Waals surface area contributed by atoms with E-state index in [1.165, 1.54) is 37.9 Å². The number of hydrogen-bond donors (Lipinski definition) is 2. The number of aliphatic carboxylic acids is 1. The van der Waals surface area contributed by atoms with E-state index in [-0.39, 0.29) is 11.8 Å². The molecule has 2 aromatic rings. The second-order valence-electron chi connectivity index (χ2n) is 10.5. The van der Waals surface area contributed by atoms with Gasteiger partial charge < -0.3 is 19.8 Å².